The first kappa shape index (κ1) is 15.8. The molecule has 23 heavy (non-hydrogen) atoms. The van der Waals surface area contributed by atoms with Gasteiger partial charge < -0.3 is 5.32 Å². The van der Waals surface area contributed by atoms with E-state index in [4.69, 9.17) is 0 Å². The molecule has 0 aromatic heterocycles. The third kappa shape index (κ3) is 3.17. The lowest BCUT2D eigenvalue weighted by Gasteiger charge is -2.26. The smallest absolute Gasteiger partial charge is 0.231 e. The molecule has 0 radical (unpaired) electrons. The van der Waals surface area contributed by atoms with Gasteiger partial charge in [-0.05, 0) is 54.4 Å². The summed E-state index contributed by atoms with van der Waals surface area (Å²) < 4.78 is 0. The van der Waals surface area contributed by atoms with E-state index in [2.05, 4.69) is 62.5 Å². The van der Waals surface area contributed by atoms with Crippen molar-refractivity contribution in [3.05, 3.63) is 64.7 Å². The summed E-state index contributed by atoms with van der Waals surface area (Å²) in [5.41, 5.74) is 5.87. The summed E-state index contributed by atoms with van der Waals surface area (Å²) >= 11 is 0. The molecule has 1 unspecified atom stereocenters. The fraction of sp³-hybridized carbons (Fsp3) is 0.381. The zero-order chi connectivity index (χ0) is 16.4. The van der Waals surface area contributed by atoms with Gasteiger partial charge >= 0.3 is 0 Å². The van der Waals surface area contributed by atoms with Crippen molar-refractivity contribution in [2.45, 2.75) is 51.9 Å². The van der Waals surface area contributed by atoms with Crippen LogP contribution in [0.2, 0.25) is 0 Å². The summed E-state index contributed by atoms with van der Waals surface area (Å²) in [6.45, 7) is 6.40. The zero-order valence-electron chi connectivity index (χ0n) is 14.2. The highest BCUT2D eigenvalue weighted by Gasteiger charge is 2.27. The van der Waals surface area contributed by atoms with E-state index in [0.29, 0.717) is 5.92 Å². The number of hydrogen-bond acceptors (Lipinski definition) is 1. The average Bonchev–Trinajstić information content (AvgIpc) is 2.55. The van der Waals surface area contributed by atoms with Crippen molar-refractivity contribution in [1.29, 1.82) is 0 Å². The third-order valence-corrected chi connectivity index (χ3v) is 4.86. The molecular formula is C21H25NO. The normalized spacial score (nSPS) is 17.0. The van der Waals surface area contributed by atoms with Crippen molar-refractivity contribution in [3.8, 4) is 0 Å². The molecule has 0 fully saturated rings. The molecule has 0 heterocycles. The van der Waals surface area contributed by atoms with E-state index in [1.807, 2.05) is 6.07 Å². The first-order chi connectivity index (χ1) is 11.1. The van der Waals surface area contributed by atoms with Crippen molar-refractivity contribution < 1.29 is 4.79 Å². The highest BCUT2D eigenvalue weighted by atomic mass is 16.1. The van der Waals surface area contributed by atoms with Crippen molar-refractivity contribution in [2.75, 3.05) is 5.32 Å². The zero-order valence-corrected chi connectivity index (χ0v) is 14.2. The van der Waals surface area contributed by atoms with Crippen LogP contribution in [-0.2, 0) is 11.2 Å². The Morgan fingerprint density at radius 2 is 1.91 bits per heavy atom. The number of nitrogens with one attached hydrogen (secondary N) is 1. The minimum Gasteiger partial charge on any atom is -0.325 e. The summed E-state index contributed by atoms with van der Waals surface area (Å²) in [4.78, 5) is 12.9. The number of benzene rings is 2. The molecule has 0 spiro atoms. The molecule has 2 aromatic rings. The molecule has 0 saturated heterocycles. The van der Waals surface area contributed by atoms with Gasteiger partial charge in [-0.25, -0.2) is 0 Å². The number of aryl methyl sites for hydroxylation is 2. The van der Waals surface area contributed by atoms with Crippen LogP contribution in [0, 0.1) is 6.92 Å². The standard InChI is InChI=1S/C21H25NO/c1-14(2)17-12-6-8-15(3)20(17)22-21(23)19-13-7-10-16-9-4-5-11-18(16)19/h4-6,8-9,11-12,14,19H,7,10,13H2,1-3H3,(H,22,23). The number of carbonyl (C=O) groups excluding carboxylic acids is 1. The van der Waals surface area contributed by atoms with Gasteiger partial charge in [-0.15, -0.1) is 0 Å². The van der Waals surface area contributed by atoms with Crippen LogP contribution in [0.15, 0.2) is 42.5 Å². The lowest BCUT2D eigenvalue weighted by Crippen LogP contribution is -2.25. The predicted molar refractivity (Wildman–Crippen MR) is 96.0 cm³/mol. The molecule has 2 heteroatoms. The Bertz CT molecular complexity index is 718. The summed E-state index contributed by atoms with van der Waals surface area (Å²) in [7, 11) is 0. The molecule has 1 amide bonds. The number of rotatable bonds is 3. The number of para-hydroxylation sites is 1. The minimum absolute atomic E-state index is 0.0282. The van der Waals surface area contributed by atoms with Gasteiger partial charge in [0.1, 0.15) is 0 Å². The largest absolute Gasteiger partial charge is 0.325 e. The molecule has 1 aliphatic rings. The van der Waals surface area contributed by atoms with Crippen LogP contribution in [-0.4, -0.2) is 5.91 Å². The lowest BCUT2D eigenvalue weighted by molar-refractivity contribution is -0.117. The second kappa shape index (κ2) is 6.57. The maximum atomic E-state index is 12.9. The van der Waals surface area contributed by atoms with Crippen LogP contribution < -0.4 is 5.32 Å². The van der Waals surface area contributed by atoms with Gasteiger partial charge in [-0.2, -0.15) is 0 Å². The van der Waals surface area contributed by atoms with Crippen molar-refractivity contribution in [1.82, 2.24) is 0 Å². The number of anilines is 1. The maximum absolute atomic E-state index is 12.9. The minimum atomic E-state index is -0.0282. The monoisotopic (exact) mass is 307 g/mol. The Labute approximate surface area is 138 Å². The van der Waals surface area contributed by atoms with E-state index >= 15 is 0 Å². The molecule has 2 nitrogen and oxygen atoms in total. The molecule has 1 aliphatic carbocycles. The van der Waals surface area contributed by atoms with E-state index in [0.717, 1.165) is 30.5 Å². The Kier molecular flexibility index (Phi) is 4.51. The average molecular weight is 307 g/mol. The van der Waals surface area contributed by atoms with Crippen molar-refractivity contribution >= 4 is 11.6 Å². The Morgan fingerprint density at radius 1 is 1.13 bits per heavy atom. The summed E-state index contributed by atoms with van der Waals surface area (Å²) in [6, 6.07) is 14.6. The molecule has 0 bridgehead atoms. The van der Waals surface area contributed by atoms with Crippen molar-refractivity contribution in [2.24, 2.45) is 0 Å². The second-order valence-corrected chi connectivity index (χ2v) is 6.83. The molecule has 1 N–H and O–H groups in total. The molecule has 3 rings (SSSR count). The van der Waals surface area contributed by atoms with E-state index in [1.165, 1.54) is 16.7 Å². The highest BCUT2D eigenvalue weighted by molar-refractivity contribution is 5.97. The van der Waals surface area contributed by atoms with E-state index in [-0.39, 0.29) is 11.8 Å². The summed E-state index contributed by atoms with van der Waals surface area (Å²) in [5.74, 6) is 0.497. The number of carbonyl (C=O) groups is 1. The molecule has 0 saturated carbocycles. The fourth-order valence-corrected chi connectivity index (χ4v) is 3.58. The van der Waals surface area contributed by atoms with Gasteiger partial charge in [0.25, 0.3) is 0 Å². The van der Waals surface area contributed by atoms with Gasteiger partial charge in [0.2, 0.25) is 5.91 Å². The summed E-state index contributed by atoms with van der Waals surface area (Å²) in [5, 5.41) is 3.23. The lowest BCUT2D eigenvalue weighted by atomic mass is 9.82. The quantitative estimate of drug-likeness (QED) is 0.832. The SMILES string of the molecule is Cc1cccc(C(C)C)c1NC(=O)C1CCCc2ccccc21. The Morgan fingerprint density at radius 3 is 2.70 bits per heavy atom. The molecular weight excluding hydrogens is 282 g/mol. The Hall–Kier alpha value is -2.09. The number of hydrogen-bond donors (Lipinski definition) is 1. The Balaban J connectivity index is 1.90. The topological polar surface area (TPSA) is 29.1 Å². The van der Waals surface area contributed by atoms with Gasteiger partial charge in [0.15, 0.2) is 0 Å². The van der Waals surface area contributed by atoms with Gasteiger partial charge in [-0.3, -0.25) is 4.79 Å². The maximum Gasteiger partial charge on any atom is 0.231 e. The first-order valence-electron chi connectivity index (χ1n) is 8.56. The van der Waals surface area contributed by atoms with Crippen LogP contribution in [0.25, 0.3) is 0 Å². The van der Waals surface area contributed by atoms with E-state index < -0.39 is 0 Å². The van der Waals surface area contributed by atoms with E-state index in [9.17, 15) is 4.79 Å². The highest BCUT2D eigenvalue weighted by Crippen LogP contribution is 2.34. The first-order valence-corrected chi connectivity index (χ1v) is 8.56. The van der Waals surface area contributed by atoms with Crippen molar-refractivity contribution in [3.63, 3.8) is 0 Å². The van der Waals surface area contributed by atoms with Crippen LogP contribution >= 0.6 is 0 Å². The molecule has 0 aliphatic heterocycles. The number of fused-ring (bicyclic) bond motifs is 1. The van der Waals surface area contributed by atoms with Gasteiger partial charge in [0, 0.05) is 5.69 Å². The van der Waals surface area contributed by atoms with Crippen LogP contribution in [0.3, 0.4) is 0 Å². The molecule has 1 atom stereocenters. The summed E-state index contributed by atoms with van der Waals surface area (Å²) in [6.07, 6.45) is 3.10. The van der Waals surface area contributed by atoms with Crippen LogP contribution in [0.5, 0.6) is 0 Å². The predicted octanol–water partition coefficient (Wildman–Crippen LogP) is 5.18. The van der Waals surface area contributed by atoms with Gasteiger partial charge in [0.05, 0.1) is 5.92 Å². The fourth-order valence-electron chi connectivity index (χ4n) is 3.58. The van der Waals surface area contributed by atoms with Crippen LogP contribution in [0.4, 0.5) is 5.69 Å². The van der Waals surface area contributed by atoms with Crippen LogP contribution in [0.1, 0.15) is 60.8 Å². The third-order valence-electron chi connectivity index (χ3n) is 4.86. The van der Waals surface area contributed by atoms with E-state index in [1.54, 1.807) is 0 Å². The number of amides is 1. The molecule has 2 aromatic carbocycles. The van der Waals surface area contributed by atoms with Gasteiger partial charge in [-0.1, -0.05) is 56.3 Å². The molecule has 120 valence electrons. The second-order valence-electron chi connectivity index (χ2n) is 6.83.